The zero-order valence-corrected chi connectivity index (χ0v) is 31.9. The van der Waals surface area contributed by atoms with E-state index in [4.69, 9.17) is 0 Å². The van der Waals surface area contributed by atoms with Crippen LogP contribution in [0.3, 0.4) is 0 Å². The van der Waals surface area contributed by atoms with E-state index in [1.54, 1.807) is 0 Å². The van der Waals surface area contributed by atoms with Crippen molar-refractivity contribution in [3.8, 4) is 0 Å². The molecule has 0 aliphatic carbocycles. The summed E-state index contributed by atoms with van der Waals surface area (Å²) >= 11 is 0. The Labute approximate surface area is 260 Å². The molecular weight excluding hydrogens is 650 g/mol. The molecule has 0 aromatic rings. The molecule has 0 bridgehead atoms. The van der Waals surface area contributed by atoms with Crippen molar-refractivity contribution in [1.82, 2.24) is 0 Å². The summed E-state index contributed by atoms with van der Waals surface area (Å²) in [5.74, 6) is 4.76. The van der Waals surface area contributed by atoms with Crippen LogP contribution >= 0.6 is 15.6 Å². The van der Waals surface area contributed by atoms with Crippen molar-refractivity contribution < 1.29 is 39.0 Å². The van der Waals surface area contributed by atoms with E-state index in [2.05, 4.69) is 144 Å². The first kappa shape index (κ1) is 50.1. The van der Waals surface area contributed by atoms with E-state index in [0.29, 0.717) is 33.5 Å². The van der Waals surface area contributed by atoms with Gasteiger partial charge in [0.25, 0.3) is 0 Å². The van der Waals surface area contributed by atoms with Crippen LogP contribution in [0.2, 0.25) is 0 Å². The second-order valence-electron chi connectivity index (χ2n) is 12.8. The summed E-state index contributed by atoms with van der Waals surface area (Å²) in [4.78, 5) is 0. The van der Waals surface area contributed by atoms with Crippen molar-refractivity contribution in [3.63, 3.8) is 0 Å². The summed E-state index contributed by atoms with van der Waals surface area (Å²) in [6.07, 6.45) is 19.2. The van der Waals surface area contributed by atoms with Crippen molar-refractivity contribution in [1.29, 1.82) is 0 Å². The average Bonchev–Trinajstić information content (AvgIpc) is 2.52. The Hall–Kier alpha value is 1.20. The smallest absolute Gasteiger partial charge is 0.358 e. The quantitative estimate of drug-likeness (QED) is 0.152. The molecule has 4 radical (unpaired) electrons. The fourth-order valence-corrected chi connectivity index (χ4v) is 15.3. The molecule has 0 saturated heterocycles. The van der Waals surface area contributed by atoms with E-state index in [-0.39, 0.29) is 68.7 Å². The molecular formula is C30H60B2P2Rh2+2. The molecule has 0 nitrogen and oxygen atoms in total. The zero-order valence-electron chi connectivity index (χ0n) is 26.6. The number of allylic oxidation sites excluding steroid dienone is 6. The van der Waals surface area contributed by atoms with Gasteiger partial charge in [0.15, 0.2) is 0 Å². The van der Waals surface area contributed by atoms with Gasteiger partial charge in [-0.05, 0) is 98.7 Å². The van der Waals surface area contributed by atoms with Gasteiger partial charge in [-0.25, -0.2) is 0 Å². The van der Waals surface area contributed by atoms with E-state index >= 15 is 0 Å². The first-order valence-corrected chi connectivity index (χ1v) is 14.7. The fourth-order valence-electron chi connectivity index (χ4n) is 5.63. The minimum absolute atomic E-state index is 0. The maximum Gasteiger partial charge on any atom is 2.00 e. The summed E-state index contributed by atoms with van der Waals surface area (Å²) in [7, 11) is -0.940. The Kier molecular flexibility index (Phi) is 28.0. The van der Waals surface area contributed by atoms with E-state index in [9.17, 15) is 0 Å². The van der Waals surface area contributed by atoms with E-state index in [1.807, 2.05) is 0 Å². The molecule has 212 valence electrons. The van der Waals surface area contributed by atoms with Crippen LogP contribution in [0.15, 0.2) is 48.4 Å². The SMILES string of the molecule is CC(C)(C)[PH+](B1[CH]C=CC=C1)C(C)(C)C.CC(C)(C)[PH+](B1[CH]C=CC=C1)C(C)(C)C.[CH3-].[CH3-].[CH3-].[CH3-].[Rh+2].[Rh+2]. The van der Waals surface area contributed by atoms with Crippen molar-refractivity contribution in [2.45, 2.75) is 104 Å². The van der Waals surface area contributed by atoms with Crippen LogP contribution in [0, 0.1) is 42.3 Å². The zero-order chi connectivity index (χ0) is 23.4. The topological polar surface area (TPSA) is 0 Å². The maximum absolute atomic E-state index is 2.40. The molecule has 2 aliphatic heterocycles. The molecule has 0 aromatic heterocycles. The first-order valence-electron chi connectivity index (χ1n) is 11.6. The van der Waals surface area contributed by atoms with E-state index in [0.717, 1.165) is 0 Å². The average molecular weight is 710 g/mol. The normalized spacial score (nSPS) is 14.7. The van der Waals surface area contributed by atoms with Gasteiger partial charge in [0.2, 0.25) is 0 Å². The second kappa shape index (κ2) is 20.1. The number of rotatable bonds is 2. The molecule has 6 heteroatoms. The van der Waals surface area contributed by atoms with Crippen molar-refractivity contribution in [2.24, 2.45) is 0 Å². The molecule has 0 N–H and O–H groups in total. The van der Waals surface area contributed by atoms with Crippen LogP contribution in [0.4, 0.5) is 0 Å². The molecule has 0 atom stereocenters. The van der Waals surface area contributed by atoms with Crippen molar-refractivity contribution in [2.75, 3.05) is 0 Å². The maximum atomic E-state index is 2.40. The Balaban J connectivity index is -0.000000107. The first-order chi connectivity index (χ1) is 13.5. The van der Waals surface area contributed by atoms with Crippen LogP contribution in [-0.4, -0.2) is 33.5 Å². The molecule has 2 aliphatic rings. The molecule has 0 aromatic carbocycles. The van der Waals surface area contributed by atoms with Gasteiger partial charge in [0.05, 0.1) is 20.6 Å². The van der Waals surface area contributed by atoms with Gasteiger partial charge in [-0.3, -0.25) is 0 Å². The van der Waals surface area contributed by atoms with Gasteiger partial charge in [-0.15, -0.1) is 0 Å². The van der Waals surface area contributed by atoms with Crippen LogP contribution in [0.25, 0.3) is 0 Å². The van der Waals surface area contributed by atoms with Gasteiger partial charge < -0.3 is 29.7 Å². The second-order valence-corrected chi connectivity index (χ2v) is 21.8. The minimum atomic E-state index is -0.470. The minimum Gasteiger partial charge on any atom is -0.358 e. The van der Waals surface area contributed by atoms with E-state index in [1.165, 1.54) is 0 Å². The summed E-state index contributed by atoms with van der Waals surface area (Å²) in [6, 6.07) is 0. The molecule has 0 unspecified atom stereocenters. The van der Waals surface area contributed by atoms with Crippen LogP contribution in [0.5, 0.6) is 0 Å². The Morgan fingerprint density at radius 1 is 0.389 bits per heavy atom. The van der Waals surface area contributed by atoms with Crippen LogP contribution < -0.4 is 0 Å². The molecule has 0 spiro atoms. The van der Waals surface area contributed by atoms with Crippen LogP contribution in [0.1, 0.15) is 83.1 Å². The number of hydrogen-bond donors (Lipinski definition) is 0. The Bertz CT molecular complexity index is 572. The number of hydrogen-bond acceptors (Lipinski definition) is 0. The Morgan fingerprint density at radius 3 is 0.750 bits per heavy atom. The summed E-state index contributed by atoms with van der Waals surface area (Å²) in [5, 5.41) is 1.78. The van der Waals surface area contributed by atoms with Gasteiger partial charge in [0, 0.05) is 12.6 Å². The Morgan fingerprint density at radius 2 is 0.611 bits per heavy atom. The monoisotopic (exact) mass is 710 g/mol. The summed E-state index contributed by atoms with van der Waals surface area (Å²) in [5.41, 5.74) is 0. The van der Waals surface area contributed by atoms with Gasteiger partial charge in [-0.2, -0.15) is 0 Å². The molecule has 36 heavy (non-hydrogen) atoms. The molecule has 0 fully saturated rings. The third-order valence-electron chi connectivity index (χ3n) is 5.62. The van der Waals surface area contributed by atoms with Gasteiger partial charge in [0.1, 0.15) is 0 Å². The molecule has 2 rings (SSSR count). The van der Waals surface area contributed by atoms with Crippen molar-refractivity contribution >= 4 is 28.5 Å². The van der Waals surface area contributed by atoms with Gasteiger partial charge >= 0.3 is 51.8 Å². The molecule has 2 heterocycles. The molecule has 0 saturated carbocycles. The summed E-state index contributed by atoms with van der Waals surface area (Å²) < 4.78 is 0. The van der Waals surface area contributed by atoms with Gasteiger partial charge in [-0.1, -0.05) is 48.4 Å². The fraction of sp³-hybridized carbons (Fsp3) is 0.533. The van der Waals surface area contributed by atoms with Crippen molar-refractivity contribution in [3.05, 3.63) is 90.8 Å². The third kappa shape index (κ3) is 17.0. The third-order valence-corrected chi connectivity index (χ3v) is 14.2. The predicted octanol–water partition coefficient (Wildman–Crippen LogP) is 10.2. The standard InChI is InChI=1S/2C13H23BP.4CH3.2Rh/c2*1-12(2,3)15(13(4,5)6)14-10-8-7-9-11-14;;;;;;/h2*7-11H,1-6H3;4*1H3;;/q;;4*-1;2*+2/p+2. The largest absolute Gasteiger partial charge is 2.00 e. The predicted molar refractivity (Wildman–Crippen MR) is 178 cm³/mol. The molecule has 0 amide bonds. The van der Waals surface area contributed by atoms with Crippen LogP contribution in [-0.2, 0) is 39.0 Å². The summed E-state index contributed by atoms with van der Waals surface area (Å²) in [6.45, 7) is 28.7. The van der Waals surface area contributed by atoms with E-state index < -0.39 is 15.6 Å².